The van der Waals surface area contributed by atoms with Crippen LogP contribution in [0.4, 0.5) is 5.69 Å². The van der Waals surface area contributed by atoms with Crippen LogP contribution in [0, 0.1) is 0 Å². The average Bonchev–Trinajstić information content (AvgIpc) is 2.41. The number of carbonyl (C=O) groups is 2. The number of benzene rings is 1. The van der Waals surface area contributed by atoms with E-state index in [9.17, 15) is 18.0 Å². The second kappa shape index (κ2) is 7.78. The molecular weight excluding hydrogens is 294 g/mol. The molecule has 1 aromatic rings. The lowest BCUT2D eigenvalue weighted by molar-refractivity contribution is -0.137. The van der Waals surface area contributed by atoms with Gasteiger partial charge in [0.15, 0.2) is 0 Å². The van der Waals surface area contributed by atoms with Gasteiger partial charge in [0.2, 0.25) is 5.91 Å². The van der Waals surface area contributed by atoms with Crippen LogP contribution < -0.4 is 4.90 Å². The van der Waals surface area contributed by atoms with Crippen molar-refractivity contribution in [2.75, 3.05) is 23.5 Å². The molecule has 7 heteroatoms. The molecule has 0 atom stereocenters. The van der Waals surface area contributed by atoms with E-state index in [-0.39, 0.29) is 31.0 Å². The molecule has 6 nitrogen and oxygen atoms in total. The van der Waals surface area contributed by atoms with Gasteiger partial charge in [-0.05, 0) is 18.6 Å². The van der Waals surface area contributed by atoms with Crippen LogP contribution in [-0.2, 0) is 19.4 Å². The highest BCUT2D eigenvalue weighted by Gasteiger charge is 2.17. The Morgan fingerprint density at radius 2 is 1.76 bits per heavy atom. The zero-order chi connectivity index (χ0) is 15.9. The number of aliphatic carboxylic acids is 1. The van der Waals surface area contributed by atoms with Gasteiger partial charge < -0.3 is 10.0 Å². The molecule has 1 amide bonds. The van der Waals surface area contributed by atoms with Crippen molar-refractivity contribution in [1.82, 2.24) is 0 Å². The highest BCUT2D eigenvalue weighted by atomic mass is 32.2. The highest BCUT2D eigenvalue weighted by molar-refractivity contribution is 7.90. The van der Waals surface area contributed by atoms with Gasteiger partial charge in [0.05, 0.1) is 5.75 Å². The van der Waals surface area contributed by atoms with Crippen molar-refractivity contribution in [3.63, 3.8) is 0 Å². The molecule has 116 valence electrons. The number of hydrogen-bond donors (Lipinski definition) is 1. The van der Waals surface area contributed by atoms with E-state index in [2.05, 4.69) is 0 Å². The third-order valence-electron chi connectivity index (χ3n) is 2.83. The van der Waals surface area contributed by atoms with E-state index >= 15 is 0 Å². The van der Waals surface area contributed by atoms with Gasteiger partial charge in [-0.1, -0.05) is 18.2 Å². The van der Waals surface area contributed by atoms with E-state index in [0.29, 0.717) is 12.1 Å². The first-order chi connectivity index (χ1) is 9.79. The molecule has 1 aromatic carbocycles. The van der Waals surface area contributed by atoms with Crippen molar-refractivity contribution in [2.24, 2.45) is 0 Å². The summed E-state index contributed by atoms with van der Waals surface area (Å²) in [4.78, 5) is 24.2. The number of rotatable bonds is 8. The van der Waals surface area contributed by atoms with Crippen molar-refractivity contribution in [3.05, 3.63) is 30.3 Å². The van der Waals surface area contributed by atoms with E-state index < -0.39 is 15.8 Å². The van der Waals surface area contributed by atoms with Crippen LogP contribution in [0.1, 0.15) is 19.3 Å². The predicted octanol–water partition coefficient (Wildman–Crippen LogP) is 1.32. The number of carboxylic acid groups (broad SMARTS) is 1. The number of anilines is 1. The first-order valence-corrected chi connectivity index (χ1v) is 8.60. The van der Waals surface area contributed by atoms with E-state index in [1.54, 1.807) is 30.3 Å². The number of nitrogens with zero attached hydrogens (tertiary/aromatic N) is 1. The SMILES string of the molecule is CS(=O)(=O)CCC(=O)N(CCCC(=O)O)c1ccccc1. The van der Waals surface area contributed by atoms with Gasteiger partial charge in [0.1, 0.15) is 9.84 Å². The Morgan fingerprint density at radius 3 is 2.29 bits per heavy atom. The Balaban J connectivity index is 2.76. The highest BCUT2D eigenvalue weighted by Crippen LogP contribution is 2.15. The second-order valence-electron chi connectivity index (χ2n) is 4.76. The zero-order valence-electron chi connectivity index (χ0n) is 11.9. The molecular formula is C14H19NO5S. The minimum absolute atomic E-state index is 0.0390. The van der Waals surface area contributed by atoms with Gasteiger partial charge in [0.25, 0.3) is 0 Å². The zero-order valence-corrected chi connectivity index (χ0v) is 12.7. The third kappa shape index (κ3) is 6.89. The summed E-state index contributed by atoms with van der Waals surface area (Å²) >= 11 is 0. The molecule has 0 saturated heterocycles. The van der Waals surface area contributed by atoms with Gasteiger partial charge >= 0.3 is 5.97 Å². The molecule has 0 fully saturated rings. The van der Waals surface area contributed by atoms with Crippen LogP contribution in [0.3, 0.4) is 0 Å². The van der Waals surface area contributed by atoms with Crippen molar-refractivity contribution < 1.29 is 23.1 Å². The van der Waals surface area contributed by atoms with Gasteiger partial charge in [-0.2, -0.15) is 0 Å². The maximum atomic E-state index is 12.2. The van der Waals surface area contributed by atoms with E-state index in [0.717, 1.165) is 6.26 Å². The molecule has 0 aliphatic rings. The Bertz CT molecular complexity index is 583. The van der Waals surface area contributed by atoms with Gasteiger partial charge in [-0.25, -0.2) is 8.42 Å². The summed E-state index contributed by atoms with van der Waals surface area (Å²) < 4.78 is 22.3. The first-order valence-electron chi connectivity index (χ1n) is 6.54. The summed E-state index contributed by atoms with van der Waals surface area (Å²) in [6.45, 7) is 0.249. The first kappa shape index (κ1) is 17.2. The number of para-hydroxylation sites is 1. The number of sulfone groups is 1. The molecule has 0 unspecified atom stereocenters. The number of carbonyl (C=O) groups excluding carboxylic acids is 1. The van der Waals surface area contributed by atoms with E-state index in [4.69, 9.17) is 5.11 Å². The molecule has 0 aromatic heterocycles. The van der Waals surface area contributed by atoms with Crippen LogP contribution in [0.25, 0.3) is 0 Å². The lowest BCUT2D eigenvalue weighted by Crippen LogP contribution is -2.33. The van der Waals surface area contributed by atoms with Crippen LogP contribution in [-0.4, -0.2) is 44.0 Å². The molecule has 1 N–H and O–H groups in total. The van der Waals surface area contributed by atoms with Crippen molar-refractivity contribution >= 4 is 27.4 Å². The number of amides is 1. The minimum atomic E-state index is -3.21. The maximum Gasteiger partial charge on any atom is 0.303 e. The Morgan fingerprint density at radius 1 is 1.14 bits per heavy atom. The number of hydrogen-bond acceptors (Lipinski definition) is 4. The Labute approximate surface area is 124 Å². The van der Waals surface area contributed by atoms with E-state index in [1.807, 2.05) is 0 Å². The Kier molecular flexibility index (Phi) is 6.36. The monoisotopic (exact) mass is 313 g/mol. The fraction of sp³-hybridized carbons (Fsp3) is 0.429. The lowest BCUT2D eigenvalue weighted by atomic mass is 10.2. The van der Waals surface area contributed by atoms with Crippen LogP contribution in [0.5, 0.6) is 0 Å². The molecule has 0 radical (unpaired) electrons. The minimum Gasteiger partial charge on any atom is -0.481 e. The second-order valence-corrected chi connectivity index (χ2v) is 7.02. The standard InChI is InChI=1S/C14H19NO5S/c1-21(19,20)11-9-13(16)15(10-5-8-14(17)18)12-6-3-2-4-7-12/h2-4,6-7H,5,8-11H2,1H3,(H,17,18). The molecule has 21 heavy (non-hydrogen) atoms. The third-order valence-corrected chi connectivity index (χ3v) is 3.77. The summed E-state index contributed by atoms with van der Waals surface area (Å²) in [5.74, 6) is -1.46. The van der Waals surface area contributed by atoms with Crippen molar-refractivity contribution in [3.8, 4) is 0 Å². The van der Waals surface area contributed by atoms with Gasteiger partial charge in [-0.3, -0.25) is 9.59 Å². The van der Waals surface area contributed by atoms with Crippen molar-refractivity contribution in [1.29, 1.82) is 0 Å². The molecule has 0 saturated carbocycles. The molecule has 0 bridgehead atoms. The summed E-state index contributed by atoms with van der Waals surface area (Å²) in [5, 5.41) is 8.66. The maximum absolute atomic E-state index is 12.2. The topological polar surface area (TPSA) is 91.8 Å². The molecule has 1 rings (SSSR count). The molecule has 0 spiro atoms. The Hall–Kier alpha value is -1.89. The summed E-state index contributed by atoms with van der Waals surface area (Å²) in [6.07, 6.45) is 1.25. The molecule has 0 aliphatic heterocycles. The fourth-order valence-corrected chi connectivity index (χ4v) is 2.35. The number of carboxylic acids is 1. The smallest absolute Gasteiger partial charge is 0.303 e. The van der Waals surface area contributed by atoms with Gasteiger partial charge in [0, 0.05) is 31.3 Å². The van der Waals surface area contributed by atoms with Gasteiger partial charge in [-0.15, -0.1) is 0 Å². The molecule has 0 heterocycles. The van der Waals surface area contributed by atoms with Crippen LogP contribution >= 0.6 is 0 Å². The van der Waals surface area contributed by atoms with Crippen LogP contribution in [0.2, 0.25) is 0 Å². The quantitative estimate of drug-likeness (QED) is 0.781. The predicted molar refractivity (Wildman–Crippen MR) is 80.0 cm³/mol. The fourth-order valence-electron chi connectivity index (χ4n) is 1.80. The van der Waals surface area contributed by atoms with Crippen LogP contribution in [0.15, 0.2) is 30.3 Å². The normalized spacial score (nSPS) is 11.1. The van der Waals surface area contributed by atoms with Crippen molar-refractivity contribution in [2.45, 2.75) is 19.3 Å². The molecule has 0 aliphatic carbocycles. The average molecular weight is 313 g/mol. The summed E-state index contributed by atoms with van der Waals surface area (Å²) in [6, 6.07) is 8.81. The summed E-state index contributed by atoms with van der Waals surface area (Å²) in [7, 11) is -3.21. The summed E-state index contributed by atoms with van der Waals surface area (Å²) in [5.41, 5.74) is 0.640. The lowest BCUT2D eigenvalue weighted by Gasteiger charge is -2.22. The largest absolute Gasteiger partial charge is 0.481 e. The van der Waals surface area contributed by atoms with E-state index in [1.165, 1.54) is 4.90 Å².